The van der Waals surface area contributed by atoms with Crippen molar-refractivity contribution < 1.29 is 19.1 Å². The van der Waals surface area contributed by atoms with Crippen LogP contribution in [0.15, 0.2) is 29.2 Å². The summed E-state index contributed by atoms with van der Waals surface area (Å²) in [6, 6.07) is 7.67. The van der Waals surface area contributed by atoms with Gasteiger partial charge in [-0.15, -0.1) is 11.8 Å². The van der Waals surface area contributed by atoms with Crippen LogP contribution in [0.3, 0.4) is 0 Å². The zero-order valence-corrected chi connectivity index (χ0v) is 15.7. The number of para-hydroxylation sites is 1. The number of ketones is 1. The average Bonchev–Trinajstić information content (AvgIpc) is 2.93. The molecule has 2 heterocycles. The van der Waals surface area contributed by atoms with Crippen LogP contribution in [-0.2, 0) is 9.53 Å². The molecule has 2 aromatic rings. The number of H-pyrrole nitrogens is 1. The largest absolute Gasteiger partial charge is 0.451 e. The monoisotopic (exact) mass is 372 g/mol. The van der Waals surface area contributed by atoms with E-state index in [0.717, 1.165) is 16.3 Å². The van der Waals surface area contributed by atoms with Gasteiger partial charge >= 0.3 is 5.97 Å². The number of amides is 1. The Morgan fingerprint density at radius 2 is 1.96 bits per heavy atom. The number of rotatable bonds is 4. The third kappa shape index (κ3) is 3.39. The number of aryl methyl sites for hydroxylation is 1. The number of hydrogen-bond donors (Lipinski definition) is 1. The van der Waals surface area contributed by atoms with Crippen LogP contribution in [0, 0.1) is 13.8 Å². The van der Waals surface area contributed by atoms with E-state index < -0.39 is 5.97 Å². The quantitative estimate of drug-likeness (QED) is 0.659. The predicted molar refractivity (Wildman–Crippen MR) is 100 cm³/mol. The van der Waals surface area contributed by atoms with Crippen LogP contribution in [-0.4, -0.2) is 41.5 Å². The molecule has 0 aliphatic carbocycles. The highest BCUT2D eigenvalue weighted by atomic mass is 32.2. The van der Waals surface area contributed by atoms with E-state index in [0.29, 0.717) is 23.4 Å². The fourth-order valence-electron chi connectivity index (χ4n) is 3.19. The molecule has 1 aliphatic heterocycles. The summed E-state index contributed by atoms with van der Waals surface area (Å²) in [6.45, 7) is 5.11. The van der Waals surface area contributed by atoms with Gasteiger partial charge in [0.15, 0.2) is 12.4 Å². The summed E-state index contributed by atoms with van der Waals surface area (Å²) in [5.41, 5.74) is 2.72. The van der Waals surface area contributed by atoms with E-state index in [2.05, 4.69) is 4.98 Å². The molecule has 0 saturated heterocycles. The maximum Gasteiger partial charge on any atom is 0.355 e. The van der Waals surface area contributed by atoms with Crippen molar-refractivity contribution in [2.45, 2.75) is 25.7 Å². The van der Waals surface area contributed by atoms with Gasteiger partial charge in [-0.1, -0.05) is 12.1 Å². The first kappa shape index (κ1) is 18.3. The van der Waals surface area contributed by atoms with Crippen molar-refractivity contribution in [2.24, 2.45) is 0 Å². The van der Waals surface area contributed by atoms with Gasteiger partial charge in [-0.2, -0.15) is 0 Å². The molecule has 1 aromatic heterocycles. The smallest absolute Gasteiger partial charge is 0.355 e. The van der Waals surface area contributed by atoms with Crippen LogP contribution < -0.4 is 4.90 Å². The Morgan fingerprint density at radius 1 is 1.23 bits per heavy atom. The molecule has 7 heteroatoms. The Morgan fingerprint density at radius 3 is 2.65 bits per heavy atom. The fraction of sp³-hybridized carbons (Fsp3) is 0.316. The van der Waals surface area contributed by atoms with Gasteiger partial charge in [-0.25, -0.2) is 4.79 Å². The maximum absolute atomic E-state index is 12.5. The summed E-state index contributed by atoms with van der Waals surface area (Å²) in [4.78, 5) is 42.1. The Labute approximate surface area is 155 Å². The lowest BCUT2D eigenvalue weighted by molar-refractivity contribution is -0.121. The van der Waals surface area contributed by atoms with Crippen LogP contribution in [0.1, 0.15) is 39.0 Å². The fourth-order valence-corrected chi connectivity index (χ4v) is 4.18. The van der Waals surface area contributed by atoms with Crippen LogP contribution in [0.4, 0.5) is 5.69 Å². The van der Waals surface area contributed by atoms with Crippen LogP contribution in [0.5, 0.6) is 0 Å². The second kappa shape index (κ2) is 7.37. The van der Waals surface area contributed by atoms with Crippen LogP contribution in [0.25, 0.3) is 0 Å². The van der Waals surface area contributed by atoms with Gasteiger partial charge in [0.05, 0.1) is 5.69 Å². The molecule has 0 bridgehead atoms. The average molecular weight is 372 g/mol. The van der Waals surface area contributed by atoms with Gasteiger partial charge in [-0.05, 0) is 38.5 Å². The highest BCUT2D eigenvalue weighted by Crippen LogP contribution is 2.34. The van der Waals surface area contributed by atoms with Crippen molar-refractivity contribution in [3.8, 4) is 0 Å². The minimum atomic E-state index is -0.633. The number of thioether (sulfide) groups is 1. The number of aromatic amines is 1. The summed E-state index contributed by atoms with van der Waals surface area (Å²) in [6.07, 6.45) is 0. The van der Waals surface area contributed by atoms with E-state index in [1.807, 2.05) is 24.3 Å². The lowest BCUT2D eigenvalue weighted by atomic mass is 10.1. The highest BCUT2D eigenvalue weighted by Gasteiger charge is 2.25. The van der Waals surface area contributed by atoms with Gasteiger partial charge in [0.2, 0.25) is 0 Å². The van der Waals surface area contributed by atoms with Crippen molar-refractivity contribution in [1.29, 1.82) is 0 Å². The third-order valence-electron chi connectivity index (χ3n) is 4.35. The number of carbonyl (C=O) groups excluding carboxylic acids is 3. The number of Topliss-reactive ketones (excluding diaryl/α,β-unsaturated/α-hetero) is 1. The van der Waals surface area contributed by atoms with Gasteiger partial charge in [0, 0.05) is 28.5 Å². The summed E-state index contributed by atoms with van der Waals surface area (Å²) >= 11 is 1.70. The maximum atomic E-state index is 12.5. The Balaban J connectivity index is 1.70. The summed E-state index contributed by atoms with van der Waals surface area (Å²) < 4.78 is 5.21. The molecule has 26 heavy (non-hydrogen) atoms. The molecule has 0 fully saturated rings. The molecule has 1 aromatic carbocycles. The Bertz CT molecular complexity index is 888. The van der Waals surface area contributed by atoms with Crippen molar-refractivity contribution in [3.05, 3.63) is 46.8 Å². The van der Waals surface area contributed by atoms with Gasteiger partial charge in [0.1, 0.15) is 5.69 Å². The first-order valence-corrected chi connectivity index (χ1v) is 9.28. The molecule has 1 aliphatic rings. The summed E-state index contributed by atoms with van der Waals surface area (Å²) in [7, 11) is 0. The number of fused-ring (bicyclic) bond motifs is 1. The van der Waals surface area contributed by atoms with Crippen LogP contribution >= 0.6 is 11.8 Å². The van der Waals surface area contributed by atoms with Gasteiger partial charge in [0.25, 0.3) is 5.91 Å². The first-order chi connectivity index (χ1) is 12.4. The normalized spacial score (nSPS) is 13.3. The number of aromatic nitrogens is 1. The van der Waals surface area contributed by atoms with E-state index in [4.69, 9.17) is 4.74 Å². The second-order valence-corrected chi connectivity index (χ2v) is 7.26. The number of ether oxygens (including phenoxy) is 1. The molecule has 0 atom stereocenters. The lowest BCUT2D eigenvalue weighted by Gasteiger charge is -2.28. The van der Waals surface area contributed by atoms with E-state index in [-0.39, 0.29) is 24.0 Å². The Hall–Kier alpha value is -2.54. The molecule has 1 N–H and O–H groups in total. The third-order valence-corrected chi connectivity index (χ3v) is 5.39. The second-order valence-electron chi connectivity index (χ2n) is 6.12. The van der Waals surface area contributed by atoms with Crippen molar-refractivity contribution in [2.75, 3.05) is 23.8 Å². The molecule has 0 radical (unpaired) electrons. The molecule has 0 unspecified atom stereocenters. The molecule has 0 spiro atoms. The van der Waals surface area contributed by atoms with Crippen LogP contribution in [0.2, 0.25) is 0 Å². The number of esters is 1. The standard InChI is InChI=1S/C19H20N2O4S/c1-11-17(13(3)22)12(2)20-18(11)19(24)25-10-16(23)21-8-9-26-15-7-5-4-6-14(15)21/h4-7,20H,8-10H2,1-3H3. The zero-order chi connectivity index (χ0) is 18.8. The van der Waals surface area contributed by atoms with E-state index in [9.17, 15) is 14.4 Å². The molecular weight excluding hydrogens is 352 g/mol. The minimum absolute atomic E-state index is 0.117. The molecular formula is C19H20N2O4S. The highest BCUT2D eigenvalue weighted by molar-refractivity contribution is 7.99. The number of nitrogens with one attached hydrogen (secondary N) is 1. The number of hydrogen-bond acceptors (Lipinski definition) is 5. The summed E-state index contributed by atoms with van der Waals surface area (Å²) in [5.74, 6) is -0.216. The van der Waals surface area contributed by atoms with E-state index >= 15 is 0 Å². The number of anilines is 1. The van der Waals surface area contributed by atoms with Crippen molar-refractivity contribution in [3.63, 3.8) is 0 Å². The number of benzene rings is 1. The SMILES string of the molecule is CC(=O)c1c(C)[nH]c(C(=O)OCC(=O)N2CCSc3ccccc32)c1C. The first-order valence-electron chi connectivity index (χ1n) is 8.29. The molecule has 136 valence electrons. The van der Waals surface area contributed by atoms with Crippen molar-refractivity contribution >= 4 is 35.1 Å². The number of carbonyl (C=O) groups is 3. The van der Waals surface area contributed by atoms with Crippen molar-refractivity contribution in [1.82, 2.24) is 4.98 Å². The van der Waals surface area contributed by atoms with Gasteiger partial charge in [-0.3, -0.25) is 9.59 Å². The summed E-state index contributed by atoms with van der Waals surface area (Å²) in [5, 5.41) is 0. The minimum Gasteiger partial charge on any atom is -0.451 e. The lowest BCUT2D eigenvalue weighted by Crippen LogP contribution is -2.38. The van der Waals surface area contributed by atoms with Gasteiger partial charge < -0.3 is 14.6 Å². The Kier molecular flexibility index (Phi) is 5.18. The molecule has 1 amide bonds. The molecule has 6 nitrogen and oxygen atoms in total. The zero-order valence-electron chi connectivity index (χ0n) is 14.9. The van der Waals surface area contributed by atoms with E-state index in [1.54, 1.807) is 30.5 Å². The molecule has 0 saturated carbocycles. The number of nitrogens with zero attached hydrogens (tertiary/aromatic N) is 1. The topological polar surface area (TPSA) is 79.5 Å². The molecule has 3 rings (SSSR count). The predicted octanol–water partition coefficient (Wildman–Crippen LogP) is 3.13. The van der Waals surface area contributed by atoms with E-state index in [1.165, 1.54) is 6.92 Å².